The van der Waals surface area contributed by atoms with Crippen LogP contribution in [0.15, 0.2) is 47.4 Å². The number of hydrogen-bond acceptors (Lipinski definition) is 4. The summed E-state index contributed by atoms with van der Waals surface area (Å²) >= 11 is 0. The molecule has 3 heterocycles. The summed E-state index contributed by atoms with van der Waals surface area (Å²) in [5, 5.41) is 0.177. The zero-order valence-electron chi connectivity index (χ0n) is 13.3. The topological polar surface area (TPSA) is 64.2 Å². The zero-order chi connectivity index (χ0) is 17.6. The van der Waals surface area contributed by atoms with Gasteiger partial charge < -0.3 is 15.2 Å². The third-order valence-electron chi connectivity index (χ3n) is 4.44. The van der Waals surface area contributed by atoms with E-state index in [1.54, 1.807) is 27.8 Å². The lowest BCUT2D eigenvalue weighted by molar-refractivity contribution is 0.617. The summed E-state index contributed by atoms with van der Waals surface area (Å²) in [6.07, 6.45) is 2.32. The van der Waals surface area contributed by atoms with Crippen LogP contribution in [0.25, 0.3) is 16.7 Å². The Morgan fingerprint density at radius 1 is 1.16 bits per heavy atom. The Labute approximate surface area is 142 Å². The quantitative estimate of drug-likeness (QED) is 0.775. The minimum absolute atomic E-state index is 0.0213. The Kier molecular flexibility index (Phi) is 3.73. The molecule has 0 saturated carbocycles. The van der Waals surface area contributed by atoms with Crippen molar-refractivity contribution in [3.05, 3.63) is 64.5 Å². The molecule has 0 radical (unpaired) electrons. The number of rotatable bonds is 2. The maximum Gasteiger partial charge on any atom is 0.191 e. The van der Waals surface area contributed by atoms with Gasteiger partial charge in [0.1, 0.15) is 5.82 Å². The zero-order valence-corrected chi connectivity index (χ0v) is 13.3. The average Bonchev–Trinajstić information content (AvgIpc) is 3.02. The third kappa shape index (κ3) is 2.76. The number of benzene rings is 1. The molecular formula is C18H16F2N4O. The molecule has 1 aliphatic heterocycles. The number of pyridine rings is 2. The smallest absolute Gasteiger partial charge is 0.191 e. The van der Waals surface area contributed by atoms with Crippen molar-refractivity contribution in [3.63, 3.8) is 0 Å². The molecule has 0 spiro atoms. The van der Waals surface area contributed by atoms with Gasteiger partial charge in [0.05, 0.1) is 5.39 Å². The van der Waals surface area contributed by atoms with Gasteiger partial charge in [0.25, 0.3) is 0 Å². The SMILES string of the molecule is NC1CCN(c2nc3c(cc2F)c(=O)ccn3-c2ccc(F)cc2)C1. The van der Waals surface area contributed by atoms with E-state index in [2.05, 4.69) is 4.98 Å². The molecule has 2 aromatic heterocycles. The van der Waals surface area contributed by atoms with Crippen molar-refractivity contribution in [1.82, 2.24) is 9.55 Å². The molecule has 1 aromatic carbocycles. The van der Waals surface area contributed by atoms with Crippen LogP contribution in [-0.4, -0.2) is 28.7 Å². The predicted octanol–water partition coefficient (Wildman–Crippen LogP) is 2.20. The van der Waals surface area contributed by atoms with E-state index in [9.17, 15) is 13.6 Å². The molecule has 1 saturated heterocycles. The molecule has 1 unspecified atom stereocenters. The van der Waals surface area contributed by atoms with Gasteiger partial charge in [-0.15, -0.1) is 0 Å². The second kappa shape index (κ2) is 5.93. The van der Waals surface area contributed by atoms with Gasteiger partial charge >= 0.3 is 0 Å². The van der Waals surface area contributed by atoms with Crippen LogP contribution in [0.5, 0.6) is 0 Å². The van der Waals surface area contributed by atoms with Crippen LogP contribution in [0.3, 0.4) is 0 Å². The molecule has 1 aliphatic rings. The molecule has 4 rings (SSSR count). The first-order chi connectivity index (χ1) is 12.0. The van der Waals surface area contributed by atoms with Crippen LogP contribution < -0.4 is 16.1 Å². The maximum absolute atomic E-state index is 14.5. The summed E-state index contributed by atoms with van der Waals surface area (Å²) in [6.45, 7) is 1.13. The van der Waals surface area contributed by atoms with Gasteiger partial charge in [0.15, 0.2) is 22.7 Å². The predicted molar refractivity (Wildman–Crippen MR) is 92.1 cm³/mol. The van der Waals surface area contributed by atoms with E-state index < -0.39 is 5.82 Å². The van der Waals surface area contributed by atoms with Gasteiger partial charge in [-0.25, -0.2) is 13.8 Å². The highest BCUT2D eigenvalue weighted by molar-refractivity contribution is 5.79. The Morgan fingerprint density at radius 2 is 1.92 bits per heavy atom. The molecule has 128 valence electrons. The molecule has 1 atom stereocenters. The Bertz CT molecular complexity index is 1000. The minimum atomic E-state index is -0.546. The van der Waals surface area contributed by atoms with Gasteiger partial charge in [-0.3, -0.25) is 4.79 Å². The lowest BCUT2D eigenvalue weighted by Gasteiger charge is -2.19. The molecule has 25 heavy (non-hydrogen) atoms. The van der Waals surface area contributed by atoms with Crippen LogP contribution in [0, 0.1) is 11.6 Å². The number of hydrogen-bond donors (Lipinski definition) is 1. The first kappa shape index (κ1) is 15.7. The van der Waals surface area contributed by atoms with E-state index >= 15 is 0 Å². The fourth-order valence-electron chi connectivity index (χ4n) is 3.15. The van der Waals surface area contributed by atoms with Crippen molar-refractivity contribution >= 4 is 16.9 Å². The lowest BCUT2D eigenvalue weighted by atomic mass is 10.2. The van der Waals surface area contributed by atoms with Gasteiger partial charge in [0, 0.05) is 37.1 Å². The van der Waals surface area contributed by atoms with E-state index in [1.165, 1.54) is 24.3 Å². The first-order valence-electron chi connectivity index (χ1n) is 8.01. The largest absolute Gasteiger partial charge is 0.353 e. The van der Waals surface area contributed by atoms with E-state index in [0.717, 1.165) is 6.42 Å². The highest BCUT2D eigenvalue weighted by Gasteiger charge is 2.24. The van der Waals surface area contributed by atoms with Crippen molar-refractivity contribution in [2.45, 2.75) is 12.5 Å². The molecule has 1 fully saturated rings. The number of nitrogens with zero attached hydrogens (tertiary/aromatic N) is 3. The first-order valence-corrected chi connectivity index (χ1v) is 8.01. The maximum atomic E-state index is 14.5. The summed E-state index contributed by atoms with van der Waals surface area (Å²) in [6, 6.07) is 8.34. The average molecular weight is 342 g/mol. The third-order valence-corrected chi connectivity index (χ3v) is 4.44. The van der Waals surface area contributed by atoms with Crippen LogP contribution >= 0.6 is 0 Å². The molecule has 0 amide bonds. The summed E-state index contributed by atoms with van der Waals surface area (Å²) in [5.41, 5.74) is 6.55. The van der Waals surface area contributed by atoms with E-state index in [0.29, 0.717) is 24.4 Å². The molecule has 0 aliphatic carbocycles. The van der Waals surface area contributed by atoms with Gasteiger partial charge in [0.2, 0.25) is 0 Å². The Morgan fingerprint density at radius 3 is 2.60 bits per heavy atom. The standard InChI is InChI=1S/C18H16F2N4O/c19-11-1-3-13(4-2-11)24-8-6-16(25)14-9-15(20)18(22-17(14)24)23-7-5-12(21)10-23/h1-4,6,8-9,12H,5,7,10,21H2. The second-order valence-corrected chi connectivity index (χ2v) is 6.19. The number of aromatic nitrogens is 2. The van der Waals surface area contributed by atoms with E-state index in [4.69, 9.17) is 5.73 Å². The van der Waals surface area contributed by atoms with Crippen molar-refractivity contribution in [2.75, 3.05) is 18.0 Å². The number of fused-ring (bicyclic) bond motifs is 1. The normalized spacial score (nSPS) is 17.4. The molecule has 5 nitrogen and oxygen atoms in total. The molecule has 0 bridgehead atoms. The summed E-state index contributed by atoms with van der Waals surface area (Å²) < 4.78 is 29.4. The Hall–Kier alpha value is -2.80. The summed E-state index contributed by atoms with van der Waals surface area (Å²) in [5.74, 6) is -0.725. The van der Waals surface area contributed by atoms with Crippen molar-refractivity contribution in [3.8, 4) is 5.69 Å². The van der Waals surface area contributed by atoms with Gasteiger partial charge in [-0.2, -0.15) is 0 Å². The molecule has 3 aromatic rings. The number of nitrogens with two attached hydrogens (primary N) is 1. The van der Waals surface area contributed by atoms with Crippen LogP contribution in [0.2, 0.25) is 0 Å². The van der Waals surface area contributed by atoms with Gasteiger partial charge in [-0.05, 0) is 36.8 Å². The highest BCUT2D eigenvalue weighted by Crippen LogP contribution is 2.25. The van der Waals surface area contributed by atoms with Crippen LogP contribution in [0.1, 0.15) is 6.42 Å². The minimum Gasteiger partial charge on any atom is -0.353 e. The molecule has 2 N–H and O–H groups in total. The molecular weight excluding hydrogens is 326 g/mol. The summed E-state index contributed by atoms with van der Waals surface area (Å²) in [4.78, 5) is 18.3. The highest BCUT2D eigenvalue weighted by atomic mass is 19.1. The lowest BCUT2D eigenvalue weighted by Crippen LogP contribution is -2.28. The van der Waals surface area contributed by atoms with Crippen LogP contribution in [0.4, 0.5) is 14.6 Å². The van der Waals surface area contributed by atoms with Crippen molar-refractivity contribution in [1.29, 1.82) is 0 Å². The fourth-order valence-corrected chi connectivity index (χ4v) is 3.15. The Balaban J connectivity index is 1.93. The number of anilines is 1. The van der Waals surface area contributed by atoms with Crippen molar-refractivity contribution < 1.29 is 8.78 Å². The van der Waals surface area contributed by atoms with Crippen LogP contribution in [-0.2, 0) is 0 Å². The van der Waals surface area contributed by atoms with E-state index in [-0.39, 0.29) is 28.5 Å². The fraction of sp³-hybridized carbons (Fsp3) is 0.222. The monoisotopic (exact) mass is 342 g/mol. The second-order valence-electron chi connectivity index (χ2n) is 6.19. The van der Waals surface area contributed by atoms with Gasteiger partial charge in [-0.1, -0.05) is 0 Å². The molecule has 7 heteroatoms. The summed E-state index contributed by atoms with van der Waals surface area (Å²) in [7, 11) is 0. The number of halogens is 2. The van der Waals surface area contributed by atoms with E-state index in [1.807, 2.05) is 0 Å². The van der Waals surface area contributed by atoms with Crippen molar-refractivity contribution in [2.24, 2.45) is 5.73 Å².